The van der Waals surface area contributed by atoms with Gasteiger partial charge in [-0.15, -0.1) is 0 Å². The van der Waals surface area contributed by atoms with Crippen LogP contribution in [0.4, 0.5) is 5.69 Å². The summed E-state index contributed by atoms with van der Waals surface area (Å²) >= 11 is 3.40. The van der Waals surface area contributed by atoms with Gasteiger partial charge >= 0.3 is 0 Å². The van der Waals surface area contributed by atoms with Crippen LogP contribution in [0.25, 0.3) is 11.0 Å². The average molecular weight is 441 g/mol. The summed E-state index contributed by atoms with van der Waals surface area (Å²) in [7, 11) is 0. The largest absolute Gasteiger partial charge is 0.464 e. The molecule has 0 radical (unpaired) electrons. The van der Waals surface area contributed by atoms with Crippen molar-refractivity contribution in [2.24, 2.45) is 0 Å². The van der Waals surface area contributed by atoms with Gasteiger partial charge in [-0.1, -0.05) is 15.9 Å². The van der Waals surface area contributed by atoms with Crippen LogP contribution in [-0.2, 0) is 28.9 Å². The highest BCUT2D eigenvalue weighted by Crippen LogP contribution is 2.30. The molecule has 1 heterocycles. The van der Waals surface area contributed by atoms with Gasteiger partial charge in [-0.2, -0.15) is 0 Å². The third kappa shape index (κ3) is 3.97. The van der Waals surface area contributed by atoms with Gasteiger partial charge in [0.05, 0.1) is 19.2 Å². The minimum Gasteiger partial charge on any atom is -0.464 e. The Kier molecular flexibility index (Phi) is 5.22. The Morgan fingerprint density at radius 3 is 2.68 bits per heavy atom. The Balaban J connectivity index is 1.35. The van der Waals surface area contributed by atoms with Crippen LogP contribution in [0.15, 0.2) is 45.5 Å². The van der Waals surface area contributed by atoms with Crippen LogP contribution >= 0.6 is 15.9 Å². The molecule has 6 heteroatoms. The topological polar surface area (TPSA) is 71.3 Å². The number of amides is 2. The van der Waals surface area contributed by atoms with Crippen molar-refractivity contribution in [3.8, 4) is 0 Å². The molecule has 0 atom stereocenters. The molecule has 2 amide bonds. The number of nitrogens with one attached hydrogen (secondary N) is 2. The van der Waals surface area contributed by atoms with E-state index >= 15 is 0 Å². The molecule has 1 aliphatic rings. The van der Waals surface area contributed by atoms with Crippen LogP contribution in [0.5, 0.6) is 0 Å². The Bertz CT molecular complexity index is 1070. The highest BCUT2D eigenvalue weighted by molar-refractivity contribution is 9.10. The third-order valence-electron chi connectivity index (χ3n) is 5.13. The molecule has 4 rings (SSSR count). The predicted molar refractivity (Wildman–Crippen MR) is 112 cm³/mol. The van der Waals surface area contributed by atoms with Crippen molar-refractivity contribution >= 4 is 44.4 Å². The average Bonchev–Trinajstić information content (AvgIpc) is 3.27. The number of fused-ring (bicyclic) bond motifs is 2. The molecule has 0 fully saturated rings. The molecule has 0 saturated heterocycles. The van der Waals surface area contributed by atoms with Crippen LogP contribution in [0.1, 0.15) is 28.7 Å². The van der Waals surface area contributed by atoms with E-state index in [1.807, 2.05) is 25.1 Å². The first-order valence-electron chi connectivity index (χ1n) is 9.34. The molecule has 144 valence electrons. The number of hydrogen-bond donors (Lipinski definition) is 2. The predicted octanol–water partition coefficient (Wildman–Crippen LogP) is 4.29. The van der Waals surface area contributed by atoms with E-state index in [9.17, 15) is 9.59 Å². The number of anilines is 1. The number of halogens is 1. The van der Waals surface area contributed by atoms with Gasteiger partial charge in [0, 0.05) is 21.1 Å². The number of carbonyl (C=O) groups excluding carboxylic acids is 2. The van der Waals surface area contributed by atoms with Gasteiger partial charge in [-0.3, -0.25) is 9.59 Å². The van der Waals surface area contributed by atoms with Crippen LogP contribution in [0.3, 0.4) is 0 Å². The van der Waals surface area contributed by atoms with E-state index in [2.05, 4.69) is 38.7 Å². The van der Waals surface area contributed by atoms with E-state index in [1.165, 1.54) is 17.5 Å². The molecule has 0 unspecified atom stereocenters. The number of hydrogen-bond acceptors (Lipinski definition) is 3. The molecule has 3 aromatic rings. The fourth-order valence-electron chi connectivity index (χ4n) is 3.66. The smallest absolute Gasteiger partial charge is 0.243 e. The summed E-state index contributed by atoms with van der Waals surface area (Å²) in [6.45, 7) is 1.85. The Labute approximate surface area is 171 Å². The van der Waals surface area contributed by atoms with E-state index in [0.29, 0.717) is 0 Å². The summed E-state index contributed by atoms with van der Waals surface area (Å²) in [4.78, 5) is 24.5. The summed E-state index contributed by atoms with van der Waals surface area (Å²) < 4.78 is 6.59. The molecule has 0 spiro atoms. The summed E-state index contributed by atoms with van der Waals surface area (Å²) in [5.41, 5.74) is 6.06. The van der Waals surface area contributed by atoms with Crippen molar-refractivity contribution in [2.45, 2.75) is 32.6 Å². The summed E-state index contributed by atoms with van der Waals surface area (Å²) in [6.07, 6.45) is 5.18. The lowest BCUT2D eigenvalue weighted by Gasteiger charge is -2.09. The van der Waals surface area contributed by atoms with Gasteiger partial charge in [0.2, 0.25) is 11.8 Å². The standard InChI is InChI=1S/C22H21BrN2O3/c1-13-7-17(23)5-6-19(13)25-22(27)11-24-21(26)10-16-12-28-20-9-15-4-2-3-14(15)8-18(16)20/h5-9,12H,2-4,10-11H2,1H3,(H,24,26)(H,25,27). The molecule has 1 aliphatic carbocycles. The van der Waals surface area contributed by atoms with Gasteiger partial charge in [-0.05, 0) is 73.2 Å². The lowest BCUT2D eigenvalue weighted by Crippen LogP contribution is -2.33. The fraction of sp³-hybridized carbons (Fsp3) is 0.273. The van der Waals surface area contributed by atoms with Crippen molar-refractivity contribution in [2.75, 3.05) is 11.9 Å². The van der Waals surface area contributed by atoms with Gasteiger partial charge in [0.25, 0.3) is 0 Å². The van der Waals surface area contributed by atoms with Crippen LogP contribution in [0, 0.1) is 6.92 Å². The molecule has 2 aromatic carbocycles. The van der Waals surface area contributed by atoms with Crippen LogP contribution in [0.2, 0.25) is 0 Å². The molecular formula is C22H21BrN2O3. The molecule has 0 bridgehead atoms. The number of rotatable bonds is 5. The molecule has 0 aliphatic heterocycles. The quantitative estimate of drug-likeness (QED) is 0.621. The zero-order valence-corrected chi connectivity index (χ0v) is 17.2. The Morgan fingerprint density at radius 2 is 1.89 bits per heavy atom. The molecule has 5 nitrogen and oxygen atoms in total. The SMILES string of the molecule is Cc1cc(Br)ccc1NC(=O)CNC(=O)Cc1coc2cc3c(cc12)CCC3. The highest BCUT2D eigenvalue weighted by atomic mass is 79.9. The molecule has 28 heavy (non-hydrogen) atoms. The monoisotopic (exact) mass is 440 g/mol. The van der Waals surface area contributed by atoms with E-state index in [-0.39, 0.29) is 24.8 Å². The minimum atomic E-state index is -0.256. The first-order valence-corrected chi connectivity index (χ1v) is 10.1. The maximum atomic E-state index is 12.3. The van der Waals surface area contributed by atoms with Gasteiger partial charge in [-0.25, -0.2) is 0 Å². The zero-order valence-electron chi connectivity index (χ0n) is 15.6. The van der Waals surface area contributed by atoms with Crippen molar-refractivity contribution in [3.63, 3.8) is 0 Å². The molecule has 0 saturated carbocycles. The van der Waals surface area contributed by atoms with E-state index < -0.39 is 0 Å². The second kappa shape index (κ2) is 7.80. The van der Waals surface area contributed by atoms with Crippen molar-refractivity contribution < 1.29 is 14.0 Å². The summed E-state index contributed by atoms with van der Waals surface area (Å²) in [5, 5.41) is 6.49. The third-order valence-corrected chi connectivity index (χ3v) is 5.62. The number of furan rings is 1. The second-order valence-corrected chi connectivity index (χ2v) is 8.11. The van der Waals surface area contributed by atoms with Crippen molar-refractivity contribution in [1.29, 1.82) is 0 Å². The number of carbonyl (C=O) groups is 2. The fourth-order valence-corrected chi connectivity index (χ4v) is 4.14. The Morgan fingerprint density at radius 1 is 1.11 bits per heavy atom. The molecule has 2 N–H and O–H groups in total. The first kappa shape index (κ1) is 18.7. The number of benzene rings is 2. The normalized spacial score (nSPS) is 12.8. The van der Waals surface area contributed by atoms with Crippen molar-refractivity contribution in [3.05, 3.63) is 63.3 Å². The number of aryl methyl sites for hydroxylation is 3. The maximum Gasteiger partial charge on any atom is 0.243 e. The molecule has 1 aromatic heterocycles. The lowest BCUT2D eigenvalue weighted by atomic mass is 10.0. The highest BCUT2D eigenvalue weighted by Gasteiger charge is 2.17. The van der Waals surface area contributed by atoms with Gasteiger partial charge in [0.15, 0.2) is 0 Å². The maximum absolute atomic E-state index is 12.3. The van der Waals surface area contributed by atoms with E-state index in [4.69, 9.17) is 4.42 Å². The summed E-state index contributed by atoms with van der Waals surface area (Å²) in [6, 6.07) is 9.85. The van der Waals surface area contributed by atoms with Crippen LogP contribution < -0.4 is 10.6 Å². The van der Waals surface area contributed by atoms with Crippen LogP contribution in [-0.4, -0.2) is 18.4 Å². The first-order chi connectivity index (χ1) is 13.5. The Hall–Kier alpha value is -2.60. The minimum absolute atomic E-state index is 0.0699. The van der Waals surface area contributed by atoms with Gasteiger partial charge < -0.3 is 15.1 Å². The van der Waals surface area contributed by atoms with E-state index in [0.717, 1.165) is 45.1 Å². The molecular weight excluding hydrogens is 420 g/mol. The zero-order chi connectivity index (χ0) is 19.7. The van der Waals surface area contributed by atoms with Gasteiger partial charge in [0.1, 0.15) is 5.58 Å². The van der Waals surface area contributed by atoms with Crippen molar-refractivity contribution in [1.82, 2.24) is 5.32 Å². The van der Waals surface area contributed by atoms with E-state index in [1.54, 1.807) is 6.26 Å². The summed E-state index contributed by atoms with van der Waals surface area (Å²) in [5.74, 6) is -0.459. The second-order valence-electron chi connectivity index (χ2n) is 7.19. The lowest BCUT2D eigenvalue weighted by molar-refractivity contribution is -0.123.